The second-order valence-electron chi connectivity index (χ2n) is 8.92. The lowest BCUT2D eigenvalue weighted by atomic mass is 10.0. The van der Waals surface area contributed by atoms with E-state index >= 15 is 0 Å². The summed E-state index contributed by atoms with van der Waals surface area (Å²) in [6.07, 6.45) is -1.36. The minimum Gasteiger partial charge on any atom is -0.504 e. The number of nitro benzene ring substituents is 1. The molecule has 2 atom stereocenters. The first-order valence-electron chi connectivity index (χ1n) is 12.4. The van der Waals surface area contributed by atoms with Crippen LogP contribution in [-0.4, -0.2) is 54.3 Å². The van der Waals surface area contributed by atoms with Crippen LogP contribution in [0.25, 0.3) is 0 Å². The van der Waals surface area contributed by atoms with Crippen molar-refractivity contribution in [3.8, 4) is 11.5 Å². The van der Waals surface area contributed by atoms with Crippen molar-refractivity contribution in [3.05, 3.63) is 97.8 Å². The maximum absolute atomic E-state index is 13.8. The van der Waals surface area contributed by atoms with Crippen LogP contribution in [0.15, 0.2) is 65.1 Å². The number of methoxy groups -OCH3 is 2. The quantitative estimate of drug-likeness (QED) is 0.150. The Morgan fingerprint density at radius 3 is 2.29 bits per heavy atom. The van der Waals surface area contributed by atoms with Crippen molar-refractivity contribution >= 4 is 39.6 Å². The molecule has 0 aliphatic rings. The van der Waals surface area contributed by atoms with Gasteiger partial charge in [0, 0.05) is 18.9 Å². The number of esters is 1. The number of phenolic OH excluding ortho intramolecular Hbond substituents is 1. The van der Waals surface area contributed by atoms with Crippen LogP contribution in [0.4, 0.5) is 14.9 Å². The molecule has 42 heavy (non-hydrogen) atoms. The summed E-state index contributed by atoms with van der Waals surface area (Å²) >= 11 is 3.28. The number of nitrogens with one attached hydrogen (secondary N) is 2. The molecule has 0 unspecified atom stereocenters. The predicted molar refractivity (Wildman–Crippen MR) is 150 cm³/mol. The zero-order valence-corrected chi connectivity index (χ0v) is 24.1. The molecule has 3 rings (SSSR count). The van der Waals surface area contributed by atoms with Gasteiger partial charge in [-0.25, -0.2) is 9.59 Å². The maximum atomic E-state index is 13.8. The van der Waals surface area contributed by atoms with E-state index < -0.39 is 46.5 Å². The predicted octanol–water partition coefficient (Wildman–Crippen LogP) is 3.95. The molecule has 0 fully saturated rings. The highest BCUT2D eigenvalue weighted by Crippen LogP contribution is 2.35. The van der Waals surface area contributed by atoms with Gasteiger partial charge in [-0.2, -0.15) is 4.39 Å². The Morgan fingerprint density at radius 2 is 1.67 bits per heavy atom. The summed E-state index contributed by atoms with van der Waals surface area (Å²) in [5, 5.41) is 26.4. The molecule has 222 valence electrons. The third kappa shape index (κ3) is 8.64. The fraction of sp³-hybridized carbons (Fsp3) is 0.250. The van der Waals surface area contributed by atoms with E-state index in [0.717, 1.165) is 19.2 Å². The highest BCUT2D eigenvalue weighted by molar-refractivity contribution is 9.10. The van der Waals surface area contributed by atoms with Crippen molar-refractivity contribution in [2.75, 3.05) is 14.2 Å². The van der Waals surface area contributed by atoms with E-state index in [0.29, 0.717) is 15.6 Å². The molecule has 0 saturated heterocycles. The first-order valence-corrected chi connectivity index (χ1v) is 13.1. The van der Waals surface area contributed by atoms with Crippen LogP contribution < -0.4 is 15.4 Å². The standard InChI is InChI=1S/C28H27BrFN3O9/c1-40-25-19(29)10-18(14-24(25)34)12-21(32-28(37)42-15-16-6-4-3-5-7-16)26(35)31-22(27(36)41-2)11-17-8-9-20(30)23(13-17)33(38)39/h3-10,13-14,21-22,34H,11-12,15H2,1-2H3,(H,31,35)(H,32,37)/t21-,22-/m0/s1. The lowest BCUT2D eigenvalue weighted by Crippen LogP contribution is -2.53. The van der Waals surface area contributed by atoms with Crippen LogP contribution in [0.5, 0.6) is 11.5 Å². The molecular formula is C28H27BrFN3O9. The molecule has 12 nitrogen and oxygen atoms in total. The number of nitrogens with zero attached hydrogens (tertiary/aromatic N) is 1. The van der Waals surface area contributed by atoms with Crippen molar-refractivity contribution in [1.82, 2.24) is 10.6 Å². The van der Waals surface area contributed by atoms with Crippen molar-refractivity contribution in [3.63, 3.8) is 0 Å². The molecule has 0 aromatic heterocycles. The van der Waals surface area contributed by atoms with Crippen molar-refractivity contribution in [1.29, 1.82) is 0 Å². The van der Waals surface area contributed by atoms with E-state index in [1.54, 1.807) is 36.4 Å². The molecule has 3 aromatic carbocycles. The number of carbonyl (C=O) groups is 3. The first kappa shape index (κ1) is 31.8. The molecular weight excluding hydrogens is 621 g/mol. The first-order chi connectivity index (χ1) is 20.0. The minimum atomic E-state index is -1.35. The number of nitro groups is 1. The normalized spacial score (nSPS) is 12.0. The van der Waals surface area contributed by atoms with Gasteiger partial charge in [0.2, 0.25) is 11.7 Å². The average molecular weight is 648 g/mol. The van der Waals surface area contributed by atoms with Gasteiger partial charge in [0.1, 0.15) is 18.7 Å². The number of benzene rings is 3. The number of halogens is 2. The largest absolute Gasteiger partial charge is 0.504 e. The van der Waals surface area contributed by atoms with Gasteiger partial charge >= 0.3 is 17.7 Å². The van der Waals surface area contributed by atoms with Crippen molar-refractivity contribution < 1.29 is 43.0 Å². The Labute approximate surface area is 248 Å². The van der Waals surface area contributed by atoms with E-state index in [1.165, 1.54) is 19.2 Å². The number of phenols is 1. The topological polar surface area (TPSA) is 166 Å². The van der Waals surface area contributed by atoms with Crippen LogP contribution >= 0.6 is 15.9 Å². The van der Waals surface area contributed by atoms with Crippen LogP contribution in [0.2, 0.25) is 0 Å². The SMILES string of the molecule is COC(=O)[C@H](Cc1ccc(F)c([N+](=O)[O-])c1)NC(=O)[C@H](Cc1cc(O)c(OC)c(Br)c1)NC(=O)OCc1ccccc1. The van der Waals surface area contributed by atoms with Crippen LogP contribution in [0.1, 0.15) is 16.7 Å². The fourth-order valence-electron chi connectivity index (χ4n) is 3.97. The monoisotopic (exact) mass is 647 g/mol. The lowest BCUT2D eigenvalue weighted by Gasteiger charge is -2.23. The third-order valence-corrected chi connectivity index (χ3v) is 6.59. The summed E-state index contributed by atoms with van der Waals surface area (Å²) in [6, 6.07) is 12.1. The van der Waals surface area contributed by atoms with Gasteiger partial charge in [-0.15, -0.1) is 0 Å². The Morgan fingerprint density at radius 1 is 0.976 bits per heavy atom. The molecule has 14 heteroatoms. The number of hydrogen-bond donors (Lipinski definition) is 3. The van der Waals surface area contributed by atoms with E-state index in [2.05, 4.69) is 26.6 Å². The summed E-state index contributed by atoms with van der Waals surface area (Å²) in [5.74, 6) is -2.84. The van der Waals surface area contributed by atoms with E-state index in [4.69, 9.17) is 14.2 Å². The molecule has 0 heterocycles. The molecule has 3 N–H and O–H groups in total. The van der Waals surface area contributed by atoms with E-state index in [-0.39, 0.29) is 36.5 Å². The van der Waals surface area contributed by atoms with Crippen LogP contribution in [-0.2, 0) is 38.5 Å². The van der Waals surface area contributed by atoms with Gasteiger partial charge in [-0.1, -0.05) is 36.4 Å². The van der Waals surface area contributed by atoms with E-state index in [1.807, 2.05) is 0 Å². The number of hydrogen-bond acceptors (Lipinski definition) is 9. The molecule has 0 saturated carbocycles. The zero-order valence-electron chi connectivity index (χ0n) is 22.5. The van der Waals surface area contributed by atoms with E-state index in [9.17, 15) is 34.0 Å². The molecule has 0 spiro atoms. The molecule has 3 aromatic rings. The second-order valence-corrected chi connectivity index (χ2v) is 9.78. The smallest absolute Gasteiger partial charge is 0.408 e. The zero-order chi connectivity index (χ0) is 30.8. The summed E-state index contributed by atoms with van der Waals surface area (Å²) in [6.45, 7) is -0.0793. The second kappa shape index (κ2) is 14.8. The number of alkyl carbamates (subject to hydrolysis) is 1. The van der Waals surface area contributed by atoms with Gasteiger partial charge in [-0.05, 0) is 50.8 Å². The Kier molecular flexibility index (Phi) is 11.2. The average Bonchev–Trinajstić information content (AvgIpc) is 2.96. The molecule has 0 aliphatic heterocycles. The van der Waals surface area contributed by atoms with Crippen LogP contribution in [0, 0.1) is 15.9 Å². The fourth-order valence-corrected chi connectivity index (χ4v) is 4.63. The Hall–Kier alpha value is -4.72. The van der Waals surface area contributed by atoms with Gasteiger partial charge in [-0.3, -0.25) is 14.9 Å². The highest BCUT2D eigenvalue weighted by Gasteiger charge is 2.29. The summed E-state index contributed by atoms with van der Waals surface area (Å²) in [4.78, 5) is 48.9. The third-order valence-electron chi connectivity index (χ3n) is 6.00. The maximum Gasteiger partial charge on any atom is 0.408 e. The molecule has 0 radical (unpaired) electrons. The number of ether oxygens (including phenoxy) is 3. The number of aromatic hydroxyl groups is 1. The highest BCUT2D eigenvalue weighted by atomic mass is 79.9. The number of carbonyl (C=O) groups excluding carboxylic acids is 3. The summed E-state index contributed by atoms with van der Waals surface area (Å²) in [5.41, 5.74) is 0.492. The molecule has 0 bridgehead atoms. The van der Waals surface area contributed by atoms with Gasteiger partial charge < -0.3 is 30.0 Å². The molecule has 0 aliphatic carbocycles. The lowest BCUT2D eigenvalue weighted by molar-refractivity contribution is -0.387. The van der Waals surface area contributed by atoms with Gasteiger partial charge in [0.05, 0.1) is 23.6 Å². The number of rotatable bonds is 12. The van der Waals surface area contributed by atoms with Gasteiger partial charge in [0.25, 0.3) is 0 Å². The summed E-state index contributed by atoms with van der Waals surface area (Å²) in [7, 11) is 2.45. The minimum absolute atomic E-state index is 0.0793. The Bertz CT molecular complexity index is 1430. The van der Waals surface area contributed by atoms with Crippen LogP contribution in [0.3, 0.4) is 0 Å². The number of amides is 2. The van der Waals surface area contributed by atoms with Crippen molar-refractivity contribution in [2.45, 2.75) is 31.5 Å². The summed E-state index contributed by atoms with van der Waals surface area (Å²) < 4.78 is 29.4. The molecule has 2 amide bonds. The Balaban J connectivity index is 1.84. The van der Waals surface area contributed by atoms with Gasteiger partial charge in [0.15, 0.2) is 11.5 Å². The van der Waals surface area contributed by atoms with Crippen molar-refractivity contribution in [2.24, 2.45) is 0 Å².